The van der Waals surface area contributed by atoms with Crippen LogP contribution in [0.15, 0.2) is 24.3 Å². The Hall–Kier alpha value is -1.59. The van der Waals surface area contributed by atoms with E-state index < -0.39 is 10.3 Å². The lowest BCUT2D eigenvalue weighted by Crippen LogP contribution is -2.14. The molecular formula is C13H13Cl2N3O2. The SMILES string of the molecule is CC(C)(C)c1nn(-c2cccc(Cl)c2)c(Cl)c1[N+](=O)[O-]. The Morgan fingerprint density at radius 2 is 1.95 bits per heavy atom. The van der Waals surface area contributed by atoms with Crippen molar-refractivity contribution >= 4 is 28.9 Å². The highest BCUT2D eigenvalue weighted by atomic mass is 35.5. The van der Waals surface area contributed by atoms with Gasteiger partial charge < -0.3 is 0 Å². The third-order valence-corrected chi connectivity index (χ3v) is 3.33. The molecule has 0 amide bonds. The molecule has 1 heterocycles. The molecule has 0 N–H and O–H groups in total. The van der Waals surface area contributed by atoms with Crippen molar-refractivity contribution in [1.82, 2.24) is 9.78 Å². The van der Waals surface area contributed by atoms with E-state index in [9.17, 15) is 10.1 Å². The summed E-state index contributed by atoms with van der Waals surface area (Å²) in [5, 5.41) is 16.0. The maximum Gasteiger partial charge on any atom is 0.330 e. The van der Waals surface area contributed by atoms with Gasteiger partial charge in [0, 0.05) is 10.4 Å². The lowest BCUT2D eigenvalue weighted by Gasteiger charge is -2.13. The van der Waals surface area contributed by atoms with Crippen molar-refractivity contribution in [3.8, 4) is 5.69 Å². The molecular weight excluding hydrogens is 301 g/mol. The van der Waals surface area contributed by atoms with Gasteiger partial charge in [0.1, 0.15) is 5.69 Å². The van der Waals surface area contributed by atoms with Crippen LogP contribution in [0.2, 0.25) is 10.2 Å². The van der Waals surface area contributed by atoms with Crippen molar-refractivity contribution in [2.45, 2.75) is 26.2 Å². The van der Waals surface area contributed by atoms with E-state index in [0.29, 0.717) is 16.4 Å². The van der Waals surface area contributed by atoms with Crippen molar-refractivity contribution in [2.24, 2.45) is 0 Å². The molecule has 5 nitrogen and oxygen atoms in total. The van der Waals surface area contributed by atoms with Crippen LogP contribution in [0.1, 0.15) is 26.5 Å². The minimum absolute atomic E-state index is 0.0257. The molecule has 7 heteroatoms. The molecule has 0 aliphatic carbocycles. The molecule has 0 saturated heterocycles. The van der Waals surface area contributed by atoms with E-state index in [4.69, 9.17) is 23.2 Å². The minimum Gasteiger partial charge on any atom is -0.258 e. The molecule has 0 unspecified atom stereocenters. The lowest BCUT2D eigenvalue weighted by atomic mass is 9.91. The van der Waals surface area contributed by atoms with Crippen molar-refractivity contribution < 1.29 is 4.92 Å². The molecule has 0 saturated carbocycles. The number of hydrogen-bond acceptors (Lipinski definition) is 3. The van der Waals surface area contributed by atoms with Gasteiger partial charge >= 0.3 is 5.69 Å². The van der Waals surface area contributed by atoms with Crippen LogP contribution in [-0.4, -0.2) is 14.7 Å². The average Bonchev–Trinajstić information content (AvgIpc) is 2.66. The van der Waals surface area contributed by atoms with Gasteiger partial charge in [-0.3, -0.25) is 10.1 Å². The third kappa shape index (κ3) is 2.64. The Kier molecular flexibility index (Phi) is 3.75. The van der Waals surface area contributed by atoms with Gasteiger partial charge in [-0.05, 0) is 18.2 Å². The van der Waals surface area contributed by atoms with Gasteiger partial charge in [-0.25, -0.2) is 4.68 Å². The van der Waals surface area contributed by atoms with Crippen LogP contribution in [-0.2, 0) is 5.41 Å². The van der Waals surface area contributed by atoms with Gasteiger partial charge in [-0.1, -0.05) is 50.0 Å². The molecule has 0 radical (unpaired) electrons. The van der Waals surface area contributed by atoms with Gasteiger partial charge in [-0.15, -0.1) is 0 Å². The van der Waals surface area contributed by atoms with Crippen LogP contribution in [0.25, 0.3) is 5.69 Å². The van der Waals surface area contributed by atoms with Crippen LogP contribution in [0.4, 0.5) is 5.69 Å². The number of nitro groups is 1. The second-order valence-electron chi connectivity index (χ2n) is 5.39. The first-order chi connectivity index (χ1) is 9.21. The largest absolute Gasteiger partial charge is 0.330 e. The number of nitrogens with zero attached hydrogens (tertiary/aromatic N) is 3. The smallest absolute Gasteiger partial charge is 0.258 e. The highest BCUT2D eigenvalue weighted by Crippen LogP contribution is 2.37. The number of rotatable bonds is 2. The molecule has 0 bridgehead atoms. The first-order valence-electron chi connectivity index (χ1n) is 5.91. The van der Waals surface area contributed by atoms with Crippen molar-refractivity contribution in [1.29, 1.82) is 0 Å². The Morgan fingerprint density at radius 1 is 1.30 bits per heavy atom. The zero-order valence-corrected chi connectivity index (χ0v) is 12.7. The first kappa shape index (κ1) is 14.8. The fourth-order valence-electron chi connectivity index (χ4n) is 1.84. The second kappa shape index (κ2) is 5.07. The summed E-state index contributed by atoms with van der Waals surface area (Å²) in [5.41, 5.74) is 0.267. The van der Waals surface area contributed by atoms with E-state index in [-0.39, 0.29) is 10.8 Å². The molecule has 1 aromatic carbocycles. The van der Waals surface area contributed by atoms with Gasteiger partial charge in [0.25, 0.3) is 0 Å². The lowest BCUT2D eigenvalue weighted by molar-refractivity contribution is -0.385. The molecule has 20 heavy (non-hydrogen) atoms. The summed E-state index contributed by atoms with van der Waals surface area (Å²) in [5.74, 6) is 0. The fourth-order valence-corrected chi connectivity index (χ4v) is 2.31. The summed E-state index contributed by atoms with van der Waals surface area (Å²) in [6.45, 7) is 5.54. The van der Waals surface area contributed by atoms with Gasteiger partial charge in [0.05, 0.1) is 10.6 Å². The Balaban J connectivity index is 2.71. The maximum absolute atomic E-state index is 11.2. The Bertz CT molecular complexity index is 675. The average molecular weight is 314 g/mol. The molecule has 0 fully saturated rings. The minimum atomic E-state index is -0.503. The molecule has 0 atom stereocenters. The van der Waals surface area contributed by atoms with Crippen LogP contribution in [0.3, 0.4) is 0 Å². The van der Waals surface area contributed by atoms with E-state index in [1.54, 1.807) is 24.3 Å². The van der Waals surface area contributed by atoms with Gasteiger partial charge in [-0.2, -0.15) is 5.10 Å². The standard InChI is InChI=1S/C13H13Cl2N3O2/c1-13(2,3)11-10(18(19)20)12(15)17(16-11)9-6-4-5-8(14)7-9/h4-7H,1-3H3. The van der Waals surface area contributed by atoms with Crippen molar-refractivity contribution in [3.63, 3.8) is 0 Å². The maximum atomic E-state index is 11.2. The van der Waals surface area contributed by atoms with Crippen LogP contribution < -0.4 is 0 Å². The molecule has 106 valence electrons. The van der Waals surface area contributed by atoms with E-state index in [1.165, 1.54) is 4.68 Å². The quantitative estimate of drug-likeness (QED) is 0.610. The number of aromatic nitrogens is 2. The summed E-state index contributed by atoms with van der Waals surface area (Å²) in [7, 11) is 0. The third-order valence-electron chi connectivity index (χ3n) is 2.75. The van der Waals surface area contributed by atoms with E-state index in [1.807, 2.05) is 20.8 Å². The summed E-state index contributed by atoms with van der Waals surface area (Å²) in [4.78, 5) is 10.7. The highest BCUT2D eigenvalue weighted by molar-refractivity contribution is 6.32. The van der Waals surface area contributed by atoms with Crippen molar-refractivity contribution in [2.75, 3.05) is 0 Å². The number of benzene rings is 1. The molecule has 2 rings (SSSR count). The van der Waals surface area contributed by atoms with E-state index >= 15 is 0 Å². The first-order valence-corrected chi connectivity index (χ1v) is 6.66. The summed E-state index contributed by atoms with van der Waals surface area (Å²) < 4.78 is 1.34. The molecule has 2 aromatic rings. The number of halogens is 2. The summed E-state index contributed by atoms with van der Waals surface area (Å²) >= 11 is 12.1. The second-order valence-corrected chi connectivity index (χ2v) is 6.18. The topological polar surface area (TPSA) is 61.0 Å². The van der Waals surface area contributed by atoms with E-state index in [2.05, 4.69) is 5.10 Å². The normalized spacial score (nSPS) is 11.7. The molecule has 1 aromatic heterocycles. The number of hydrogen-bond donors (Lipinski definition) is 0. The monoisotopic (exact) mass is 313 g/mol. The summed E-state index contributed by atoms with van der Waals surface area (Å²) in [6, 6.07) is 6.83. The molecule has 0 aliphatic rings. The van der Waals surface area contributed by atoms with Gasteiger partial charge in [0.2, 0.25) is 5.15 Å². The van der Waals surface area contributed by atoms with Crippen LogP contribution >= 0.6 is 23.2 Å². The van der Waals surface area contributed by atoms with E-state index in [0.717, 1.165) is 0 Å². The van der Waals surface area contributed by atoms with Crippen LogP contribution in [0.5, 0.6) is 0 Å². The Labute approximate surface area is 126 Å². The van der Waals surface area contributed by atoms with Crippen molar-refractivity contribution in [3.05, 3.63) is 50.2 Å². The zero-order chi connectivity index (χ0) is 15.1. The molecule has 0 spiro atoms. The summed E-state index contributed by atoms with van der Waals surface area (Å²) in [6.07, 6.45) is 0. The van der Waals surface area contributed by atoms with Gasteiger partial charge in [0.15, 0.2) is 0 Å². The fraction of sp³-hybridized carbons (Fsp3) is 0.308. The molecule has 0 aliphatic heterocycles. The highest BCUT2D eigenvalue weighted by Gasteiger charge is 2.34. The Morgan fingerprint density at radius 3 is 2.40 bits per heavy atom. The predicted octanol–water partition coefficient (Wildman–Crippen LogP) is 4.38. The predicted molar refractivity (Wildman–Crippen MR) is 78.9 cm³/mol. The zero-order valence-electron chi connectivity index (χ0n) is 11.2. The van der Waals surface area contributed by atoms with Crippen LogP contribution in [0, 0.1) is 10.1 Å².